The molecule has 0 fully saturated rings. The van der Waals surface area contributed by atoms with Crippen molar-refractivity contribution in [1.29, 1.82) is 5.26 Å². The zero-order valence-corrected chi connectivity index (χ0v) is 17.8. The molecule has 0 bridgehead atoms. The fourth-order valence-corrected chi connectivity index (χ4v) is 3.50. The summed E-state index contributed by atoms with van der Waals surface area (Å²) in [6.45, 7) is 1.73. The standard InChI is InChI=1S/C22H14Cl3FN2O2/c1-11-8-15(16(10-27)12-2-4-13(23)5-3-12)18(25)9-19(11)28-22(30)14-6-7-17(24)20(26)21(14)29/h2-9,16,29H,1H3,(H,28,30). The Morgan fingerprint density at radius 1 is 1.10 bits per heavy atom. The maximum absolute atomic E-state index is 13.8. The number of halogens is 4. The Morgan fingerprint density at radius 2 is 1.77 bits per heavy atom. The number of phenols is 1. The van der Waals surface area contributed by atoms with Gasteiger partial charge in [-0.25, -0.2) is 4.39 Å². The molecule has 0 radical (unpaired) electrons. The van der Waals surface area contributed by atoms with Crippen LogP contribution in [-0.2, 0) is 0 Å². The summed E-state index contributed by atoms with van der Waals surface area (Å²) in [4.78, 5) is 12.5. The van der Waals surface area contributed by atoms with E-state index in [4.69, 9.17) is 34.8 Å². The summed E-state index contributed by atoms with van der Waals surface area (Å²) in [6, 6.07) is 14.7. The van der Waals surface area contributed by atoms with Gasteiger partial charge in [-0.1, -0.05) is 53.0 Å². The number of nitriles is 1. The van der Waals surface area contributed by atoms with Crippen LogP contribution >= 0.6 is 34.8 Å². The third-order valence-electron chi connectivity index (χ3n) is 4.55. The van der Waals surface area contributed by atoms with Crippen molar-refractivity contribution in [3.8, 4) is 11.8 Å². The average molecular weight is 464 g/mol. The number of carbonyl (C=O) groups is 1. The van der Waals surface area contributed by atoms with Crippen LogP contribution < -0.4 is 5.32 Å². The summed E-state index contributed by atoms with van der Waals surface area (Å²) in [5, 5.41) is 22.6. The highest BCUT2D eigenvalue weighted by Gasteiger charge is 2.21. The van der Waals surface area contributed by atoms with E-state index in [0.717, 1.165) is 5.56 Å². The minimum atomic E-state index is -1.07. The van der Waals surface area contributed by atoms with Crippen molar-refractivity contribution in [2.45, 2.75) is 12.8 Å². The van der Waals surface area contributed by atoms with E-state index in [0.29, 0.717) is 21.8 Å². The number of aromatic hydroxyl groups is 1. The Kier molecular flexibility index (Phi) is 6.52. The van der Waals surface area contributed by atoms with Gasteiger partial charge >= 0.3 is 0 Å². The van der Waals surface area contributed by atoms with Gasteiger partial charge in [-0.2, -0.15) is 5.26 Å². The Labute approximate surface area is 187 Å². The van der Waals surface area contributed by atoms with E-state index in [1.54, 1.807) is 37.3 Å². The largest absolute Gasteiger partial charge is 0.504 e. The lowest BCUT2D eigenvalue weighted by Crippen LogP contribution is -2.14. The molecule has 0 saturated carbocycles. The number of nitrogens with one attached hydrogen (secondary N) is 1. The van der Waals surface area contributed by atoms with Crippen molar-refractivity contribution in [3.05, 3.63) is 91.7 Å². The predicted molar refractivity (Wildman–Crippen MR) is 116 cm³/mol. The van der Waals surface area contributed by atoms with Gasteiger partial charge in [0.15, 0.2) is 11.6 Å². The summed E-state index contributed by atoms with van der Waals surface area (Å²) in [6.07, 6.45) is 0. The summed E-state index contributed by atoms with van der Waals surface area (Å²) < 4.78 is 13.8. The number of hydrogen-bond donors (Lipinski definition) is 2. The van der Waals surface area contributed by atoms with Gasteiger partial charge in [0.05, 0.1) is 22.6 Å². The molecule has 3 aromatic rings. The maximum Gasteiger partial charge on any atom is 0.259 e. The highest BCUT2D eigenvalue weighted by molar-refractivity contribution is 6.32. The number of benzene rings is 3. The fraction of sp³-hybridized carbons (Fsp3) is 0.0909. The van der Waals surface area contributed by atoms with Crippen molar-refractivity contribution in [1.82, 2.24) is 0 Å². The number of phenolic OH excluding ortho intramolecular Hbond substituents is 1. The first-order valence-corrected chi connectivity index (χ1v) is 9.79. The molecule has 0 heterocycles. The van der Waals surface area contributed by atoms with E-state index >= 15 is 0 Å². The number of nitrogens with zero attached hydrogens (tertiary/aromatic N) is 1. The third-order valence-corrected chi connectivity index (χ3v) is 5.42. The average Bonchev–Trinajstić information content (AvgIpc) is 2.71. The van der Waals surface area contributed by atoms with E-state index in [1.807, 2.05) is 0 Å². The van der Waals surface area contributed by atoms with Crippen LogP contribution in [0.3, 0.4) is 0 Å². The quantitative estimate of drug-likeness (QED) is 0.452. The van der Waals surface area contributed by atoms with Crippen molar-refractivity contribution >= 4 is 46.4 Å². The first-order chi connectivity index (χ1) is 14.2. The van der Waals surface area contributed by atoms with Crippen molar-refractivity contribution < 1.29 is 14.3 Å². The van der Waals surface area contributed by atoms with Gasteiger partial charge in [-0.15, -0.1) is 0 Å². The molecule has 30 heavy (non-hydrogen) atoms. The Balaban J connectivity index is 1.93. The van der Waals surface area contributed by atoms with E-state index in [9.17, 15) is 19.6 Å². The second-order valence-electron chi connectivity index (χ2n) is 6.51. The molecule has 3 rings (SSSR count). The molecular formula is C22H14Cl3FN2O2. The summed E-state index contributed by atoms with van der Waals surface area (Å²) >= 11 is 17.9. The summed E-state index contributed by atoms with van der Waals surface area (Å²) in [5.41, 5.74) is 2.01. The van der Waals surface area contributed by atoms with Crippen LogP contribution in [0.2, 0.25) is 15.1 Å². The molecule has 1 unspecified atom stereocenters. The highest BCUT2D eigenvalue weighted by atomic mass is 35.5. The Morgan fingerprint density at radius 3 is 2.40 bits per heavy atom. The first-order valence-electron chi connectivity index (χ1n) is 8.66. The zero-order chi connectivity index (χ0) is 22.0. The zero-order valence-electron chi connectivity index (χ0n) is 15.5. The Hall–Kier alpha value is -2.78. The van der Waals surface area contributed by atoms with Crippen LogP contribution in [0.15, 0.2) is 48.5 Å². The highest BCUT2D eigenvalue weighted by Crippen LogP contribution is 2.35. The van der Waals surface area contributed by atoms with Crippen molar-refractivity contribution in [2.75, 3.05) is 5.32 Å². The number of carbonyl (C=O) groups excluding carboxylic acids is 1. The maximum atomic E-state index is 13.8. The monoisotopic (exact) mass is 462 g/mol. The number of amides is 1. The molecule has 0 aliphatic rings. The molecule has 8 heteroatoms. The molecule has 0 aliphatic carbocycles. The number of rotatable bonds is 4. The van der Waals surface area contributed by atoms with Gasteiger partial charge in [-0.05, 0) is 53.9 Å². The second kappa shape index (κ2) is 8.93. The number of hydrogen-bond acceptors (Lipinski definition) is 3. The van der Waals surface area contributed by atoms with Gasteiger partial charge in [0.2, 0.25) is 0 Å². The van der Waals surface area contributed by atoms with E-state index < -0.39 is 23.4 Å². The van der Waals surface area contributed by atoms with Crippen LogP contribution in [0, 0.1) is 24.1 Å². The van der Waals surface area contributed by atoms with E-state index in [2.05, 4.69) is 11.4 Å². The smallest absolute Gasteiger partial charge is 0.259 e. The molecular weight excluding hydrogens is 450 g/mol. The lowest BCUT2D eigenvalue weighted by Gasteiger charge is -2.16. The summed E-state index contributed by atoms with van der Waals surface area (Å²) in [5.74, 6) is -3.28. The molecule has 0 aromatic heterocycles. The van der Waals surface area contributed by atoms with Crippen LogP contribution in [-0.4, -0.2) is 11.0 Å². The van der Waals surface area contributed by atoms with Crippen molar-refractivity contribution in [2.24, 2.45) is 0 Å². The lowest BCUT2D eigenvalue weighted by atomic mass is 9.91. The van der Waals surface area contributed by atoms with E-state index in [1.165, 1.54) is 18.2 Å². The minimum Gasteiger partial charge on any atom is -0.504 e. The van der Waals surface area contributed by atoms with Crippen LogP contribution in [0.1, 0.15) is 33.0 Å². The molecule has 4 nitrogen and oxygen atoms in total. The second-order valence-corrected chi connectivity index (χ2v) is 7.76. The van der Waals surface area contributed by atoms with Gasteiger partial charge in [0.25, 0.3) is 5.91 Å². The topological polar surface area (TPSA) is 73.1 Å². The van der Waals surface area contributed by atoms with Gasteiger partial charge in [0.1, 0.15) is 0 Å². The molecule has 0 spiro atoms. The lowest BCUT2D eigenvalue weighted by molar-refractivity contribution is 0.102. The van der Waals surface area contributed by atoms with Gasteiger partial charge in [-0.3, -0.25) is 4.79 Å². The van der Waals surface area contributed by atoms with Crippen LogP contribution in [0.4, 0.5) is 10.1 Å². The molecule has 0 aliphatic heterocycles. The van der Waals surface area contributed by atoms with Crippen LogP contribution in [0.5, 0.6) is 5.75 Å². The van der Waals surface area contributed by atoms with E-state index in [-0.39, 0.29) is 15.6 Å². The first kappa shape index (κ1) is 21.9. The molecule has 1 amide bonds. The SMILES string of the molecule is Cc1cc(C(C#N)c2ccc(Cl)cc2)c(Cl)cc1NC(=O)c1ccc(Cl)c(F)c1O. The molecule has 3 aromatic carbocycles. The Bertz CT molecular complexity index is 1170. The molecule has 0 saturated heterocycles. The number of aryl methyl sites for hydroxylation is 1. The normalized spacial score (nSPS) is 11.6. The van der Waals surface area contributed by atoms with Gasteiger partial charge in [0, 0.05) is 15.7 Å². The molecule has 1 atom stereocenters. The minimum absolute atomic E-state index is 0.268. The van der Waals surface area contributed by atoms with Gasteiger partial charge < -0.3 is 10.4 Å². The fourth-order valence-electron chi connectivity index (χ4n) is 2.95. The third kappa shape index (κ3) is 4.36. The summed E-state index contributed by atoms with van der Waals surface area (Å²) in [7, 11) is 0. The van der Waals surface area contributed by atoms with Crippen molar-refractivity contribution in [3.63, 3.8) is 0 Å². The predicted octanol–water partition coefficient (Wildman–Crippen LogP) is 6.71. The van der Waals surface area contributed by atoms with Crippen LogP contribution in [0.25, 0.3) is 0 Å². The number of anilines is 1. The molecule has 2 N–H and O–H groups in total. The molecule has 152 valence electrons.